The van der Waals surface area contributed by atoms with Crippen LogP contribution < -0.4 is 4.74 Å². The highest BCUT2D eigenvalue weighted by atomic mass is 16.5. The van der Waals surface area contributed by atoms with Crippen LogP contribution in [-0.4, -0.2) is 23.3 Å². The van der Waals surface area contributed by atoms with Gasteiger partial charge >= 0.3 is 5.97 Å². The number of ether oxygens (including phenoxy) is 1. The van der Waals surface area contributed by atoms with Gasteiger partial charge in [-0.25, -0.2) is 0 Å². The molecule has 1 aliphatic carbocycles. The monoisotopic (exact) mass is 183 g/mol. The third-order valence-corrected chi connectivity index (χ3v) is 2.19. The summed E-state index contributed by atoms with van der Waals surface area (Å²) >= 11 is 0. The summed E-state index contributed by atoms with van der Waals surface area (Å²) in [6, 6.07) is 1.63. The summed E-state index contributed by atoms with van der Waals surface area (Å²) in [4.78, 5) is 10.5. The van der Waals surface area contributed by atoms with Crippen molar-refractivity contribution < 1.29 is 19.2 Å². The van der Waals surface area contributed by atoms with Crippen molar-refractivity contribution in [1.82, 2.24) is 5.16 Å². The van der Waals surface area contributed by atoms with Crippen molar-refractivity contribution in [3.05, 3.63) is 11.8 Å². The second-order valence-corrected chi connectivity index (χ2v) is 3.06. The van der Waals surface area contributed by atoms with E-state index in [2.05, 4.69) is 5.16 Å². The zero-order chi connectivity index (χ0) is 9.42. The molecule has 1 saturated carbocycles. The Balaban J connectivity index is 2.07. The fraction of sp³-hybridized carbons (Fsp3) is 0.500. The molecule has 1 aromatic heterocycles. The van der Waals surface area contributed by atoms with Crippen LogP contribution in [0.1, 0.15) is 18.1 Å². The fourth-order valence-electron chi connectivity index (χ4n) is 1.33. The van der Waals surface area contributed by atoms with Crippen LogP contribution in [0.3, 0.4) is 0 Å². The lowest BCUT2D eigenvalue weighted by molar-refractivity contribution is -0.138. The minimum atomic E-state index is -0.777. The van der Waals surface area contributed by atoms with Gasteiger partial charge in [-0.05, 0) is 11.6 Å². The zero-order valence-electron chi connectivity index (χ0n) is 7.06. The Morgan fingerprint density at radius 1 is 1.85 bits per heavy atom. The molecule has 0 aliphatic heterocycles. The molecule has 2 atom stereocenters. The van der Waals surface area contributed by atoms with Gasteiger partial charge in [-0.1, -0.05) is 0 Å². The molecular formula is C8H9NO4. The molecule has 1 heterocycles. The Kier molecular flexibility index (Phi) is 1.72. The van der Waals surface area contributed by atoms with E-state index < -0.39 is 5.97 Å². The molecule has 1 N–H and O–H groups in total. The summed E-state index contributed by atoms with van der Waals surface area (Å²) in [5, 5.41) is 12.3. The van der Waals surface area contributed by atoms with Gasteiger partial charge in [0.15, 0.2) is 0 Å². The minimum Gasteiger partial charge on any atom is -0.481 e. The molecule has 1 fully saturated rings. The predicted octanol–water partition coefficient (Wildman–Crippen LogP) is 0.871. The number of carboxylic acid groups (broad SMARTS) is 1. The molecule has 13 heavy (non-hydrogen) atoms. The van der Waals surface area contributed by atoms with E-state index in [1.54, 1.807) is 6.07 Å². The molecule has 1 aliphatic rings. The van der Waals surface area contributed by atoms with Crippen molar-refractivity contribution in [1.29, 1.82) is 0 Å². The maximum absolute atomic E-state index is 10.5. The molecule has 0 bridgehead atoms. The number of aromatic nitrogens is 1. The maximum atomic E-state index is 10.5. The van der Waals surface area contributed by atoms with Crippen LogP contribution >= 0.6 is 0 Å². The predicted molar refractivity (Wildman–Crippen MR) is 41.5 cm³/mol. The topological polar surface area (TPSA) is 72.6 Å². The molecule has 70 valence electrons. The maximum Gasteiger partial charge on any atom is 0.307 e. The van der Waals surface area contributed by atoms with Gasteiger partial charge in [0.25, 0.3) is 5.88 Å². The SMILES string of the molecule is COc1cc([C@@H]2C[C@H]2C(=O)O)on1. The molecule has 1 aromatic rings. The van der Waals surface area contributed by atoms with E-state index in [0.717, 1.165) is 0 Å². The molecule has 0 unspecified atom stereocenters. The molecule has 0 amide bonds. The van der Waals surface area contributed by atoms with Crippen LogP contribution in [0, 0.1) is 5.92 Å². The van der Waals surface area contributed by atoms with Crippen molar-refractivity contribution >= 4 is 5.97 Å². The molecular weight excluding hydrogens is 174 g/mol. The van der Waals surface area contributed by atoms with E-state index in [1.165, 1.54) is 7.11 Å². The van der Waals surface area contributed by atoms with Crippen LogP contribution in [0.15, 0.2) is 10.6 Å². The van der Waals surface area contributed by atoms with Crippen LogP contribution in [0.2, 0.25) is 0 Å². The number of aliphatic carboxylic acids is 1. The Morgan fingerprint density at radius 3 is 3.08 bits per heavy atom. The lowest BCUT2D eigenvalue weighted by Crippen LogP contribution is -1.98. The Bertz CT molecular complexity index is 333. The summed E-state index contributed by atoms with van der Waals surface area (Å²) < 4.78 is 9.74. The third kappa shape index (κ3) is 1.37. The normalized spacial score (nSPS) is 25.6. The van der Waals surface area contributed by atoms with Crippen molar-refractivity contribution in [2.75, 3.05) is 7.11 Å². The van der Waals surface area contributed by atoms with Gasteiger partial charge in [0.05, 0.1) is 13.0 Å². The highest BCUT2D eigenvalue weighted by Crippen LogP contribution is 2.48. The van der Waals surface area contributed by atoms with E-state index in [0.29, 0.717) is 18.1 Å². The van der Waals surface area contributed by atoms with Gasteiger partial charge < -0.3 is 14.4 Å². The van der Waals surface area contributed by atoms with Gasteiger partial charge in [0.1, 0.15) is 5.76 Å². The Hall–Kier alpha value is -1.52. The largest absolute Gasteiger partial charge is 0.481 e. The summed E-state index contributed by atoms with van der Waals surface area (Å²) in [5.41, 5.74) is 0. The lowest BCUT2D eigenvalue weighted by Gasteiger charge is -1.87. The number of methoxy groups -OCH3 is 1. The minimum absolute atomic E-state index is 0.0195. The van der Waals surface area contributed by atoms with Crippen molar-refractivity contribution in [2.45, 2.75) is 12.3 Å². The van der Waals surface area contributed by atoms with Gasteiger partial charge in [-0.3, -0.25) is 4.79 Å². The highest BCUT2D eigenvalue weighted by Gasteiger charge is 2.46. The fourth-order valence-corrected chi connectivity index (χ4v) is 1.33. The van der Waals surface area contributed by atoms with Gasteiger partial charge in [-0.15, -0.1) is 0 Å². The summed E-state index contributed by atoms with van der Waals surface area (Å²) in [6.45, 7) is 0. The van der Waals surface area contributed by atoms with Crippen molar-refractivity contribution in [3.63, 3.8) is 0 Å². The van der Waals surface area contributed by atoms with Gasteiger partial charge in [-0.2, -0.15) is 0 Å². The molecule has 0 aromatic carbocycles. The van der Waals surface area contributed by atoms with Crippen LogP contribution in [-0.2, 0) is 4.79 Å². The lowest BCUT2D eigenvalue weighted by atomic mass is 10.2. The highest BCUT2D eigenvalue weighted by molar-refractivity contribution is 5.74. The number of carboxylic acids is 1. The molecule has 0 radical (unpaired) electrons. The van der Waals surface area contributed by atoms with Crippen LogP contribution in [0.4, 0.5) is 0 Å². The summed E-state index contributed by atoms with van der Waals surface area (Å²) in [7, 11) is 1.49. The standard InChI is InChI=1S/C8H9NO4/c1-12-7-3-6(13-9-7)4-2-5(4)8(10)11/h3-5H,2H2,1H3,(H,10,11)/t4-,5-/m1/s1. The first-order valence-electron chi connectivity index (χ1n) is 3.95. The Labute approximate surface area is 74.3 Å². The van der Waals surface area contributed by atoms with Crippen LogP contribution in [0.25, 0.3) is 0 Å². The van der Waals surface area contributed by atoms with Crippen molar-refractivity contribution in [2.24, 2.45) is 5.92 Å². The summed E-state index contributed by atoms with van der Waals surface area (Å²) in [5.74, 6) is -0.109. The second kappa shape index (κ2) is 2.76. The number of hydrogen-bond donors (Lipinski definition) is 1. The number of rotatable bonds is 3. The molecule has 0 saturated heterocycles. The number of nitrogens with zero attached hydrogens (tertiary/aromatic N) is 1. The number of carbonyl (C=O) groups is 1. The van der Waals surface area contributed by atoms with E-state index in [4.69, 9.17) is 14.4 Å². The van der Waals surface area contributed by atoms with Crippen LogP contribution in [0.5, 0.6) is 5.88 Å². The Morgan fingerprint density at radius 2 is 2.62 bits per heavy atom. The van der Waals surface area contributed by atoms with Gasteiger partial charge in [0, 0.05) is 12.0 Å². The molecule has 5 heteroatoms. The van der Waals surface area contributed by atoms with Crippen molar-refractivity contribution in [3.8, 4) is 5.88 Å². The van der Waals surface area contributed by atoms with E-state index in [9.17, 15) is 4.79 Å². The average molecular weight is 183 g/mol. The van der Waals surface area contributed by atoms with E-state index in [1.807, 2.05) is 0 Å². The van der Waals surface area contributed by atoms with E-state index in [-0.39, 0.29) is 11.8 Å². The summed E-state index contributed by atoms with van der Waals surface area (Å²) in [6.07, 6.45) is 0.633. The smallest absolute Gasteiger partial charge is 0.307 e. The first kappa shape index (κ1) is 8.10. The zero-order valence-corrected chi connectivity index (χ0v) is 7.06. The second-order valence-electron chi connectivity index (χ2n) is 3.06. The molecule has 5 nitrogen and oxygen atoms in total. The van der Waals surface area contributed by atoms with E-state index >= 15 is 0 Å². The first-order chi connectivity index (χ1) is 6.22. The quantitative estimate of drug-likeness (QED) is 0.752. The first-order valence-corrected chi connectivity index (χ1v) is 3.95. The third-order valence-electron chi connectivity index (χ3n) is 2.19. The molecule has 2 rings (SSSR count). The van der Waals surface area contributed by atoms with Gasteiger partial charge in [0.2, 0.25) is 0 Å². The molecule has 0 spiro atoms. The number of hydrogen-bond acceptors (Lipinski definition) is 4. The average Bonchev–Trinajstić information content (AvgIpc) is 2.78.